The van der Waals surface area contributed by atoms with Crippen molar-refractivity contribution in [1.82, 2.24) is 15.3 Å². The largest absolute Gasteiger partial charge is 0.497 e. The zero-order chi connectivity index (χ0) is 23.2. The maximum absolute atomic E-state index is 12.4. The van der Waals surface area contributed by atoms with Crippen molar-refractivity contribution in [3.05, 3.63) is 41.1 Å². The Kier molecular flexibility index (Phi) is 7.68. The van der Waals surface area contributed by atoms with E-state index in [1.807, 2.05) is 24.3 Å². The molecule has 1 saturated carbocycles. The SMILES string of the molecule is COc1cccc(CC(=O)NC[C@H]2CC[C@@H](Nc3nc4c(c(N(C)C)n3)CCCC4)CC2)c1. The Morgan fingerprint density at radius 1 is 1.12 bits per heavy atom. The highest BCUT2D eigenvalue weighted by molar-refractivity contribution is 5.78. The van der Waals surface area contributed by atoms with Crippen LogP contribution in [0, 0.1) is 5.92 Å². The van der Waals surface area contributed by atoms with Crippen LogP contribution in [0.1, 0.15) is 55.3 Å². The molecule has 33 heavy (non-hydrogen) atoms. The van der Waals surface area contributed by atoms with E-state index in [2.05, 4.69) is 29.6 Å². The highest BCUT2D eigenvalue weighted by atomic mass is 16.5. The maximum Gasteiger partial charge on any atom is 0.225 e. The second-order valence-corrected chi connectivity index (χ2v) is 9.59. The van der Waals surface area contributed by atoms with Gasteiger partial charge < -0.3 is 20.3 Å². The summed E-state index contributed by atoms with van der Waals surface area (Å²) in [7, 11) is 5.77. The number of hydrogen-bond donors (Lipinski definition) is 2. The number of hydrogen-bond acceptors (Lipinski definition) is 6. The molecule has 0 bridgehead atoms. The first kappa shape index (κ1) is 23.3. The summed E-state index contributed by atoms with van der Waals surface area (Å²) in [4.78, 5) is 24.2. The number of aryl methyl sites for hydroxylation is 1. The molecule has 2 aliphatic carbocycles. The number of rotatable bonds is 8. The van der Waals surface area contributed by atoms with Gasteiger partial charge in [-0.25, -0.2) is 4.98 Å². The summed E-state index contributed by atoms with van der Waals surface area (Å²) in [6.45, 7) is 0.746. The van der Waals surface area contributed by atoms with E-state index in [0.29, 0.717) is 18.4 Å². The van der Waals surface area contributed by atoms with Crippen molar-refractivity contribution in [1.29, 1.82) is 0 Å². The van der Waals surface area contributed by atoms with Crippen LogP contribution < -0.4 is 20.3 Å². The number of methoxy groups -OCH3 is 1. The van der Waals surface area contributed by atoms with Crippen molar-refractivity contribution in [3.8, 4) is 5.75 Å². The van der Waals surface area contributed by atoms with E-state index in [9.17, 15) is 4.79 Å². The second-order valence-electron chi connectivity index (χ2n) is 9.59. The number of carbonyl (C=O) groups excluding carboxylic acids is 1. The molecule has 4 rings (SSSR count). The van der Waals surface area contributed by atoms with Crippen LogP contribution in [0.4, 0.5) is 11.8 Å². The third-order valence-corrected chi connectivity index (χ3v) is 6.85. The number of carbonyl (C=O) groups is 1. The van der Waals surface area contributed by atoms with E-state index in [1.54, 1.807) is 7.11 Å². The van der Waals surface area contributed by atoms with E-state index in [0.717, 1.165) is 68.1 Å². The summed E-state index contributed by atoms with van der Waals surface area (Å²) in [5.74, 6) is 3.22. The fraction of sp³-hybridized carbons (Fsp3) is 0.577. The van der Waals surface area contributed by atoms with Gasteiger partial charge in [-0.3, -0.25) is 4.79 Å². The quantitative estimate of drug-likeness (QED) is 0.636. The number of ether oxygens (including phenoxy) is 1. The van der Waals surface area contributed by atoms with Crippen LogP contribution in [0.3, 0.4) is 0 Å². The third-order valence-electron chi connectivity index (χ3n) is 6.85. The fourth-order valence-corrected chi connectivity index (χ4v) is 4.99. The van der Waals surface area contributed by atoms with E-state index >= 15 is 0 Å². The van der Waals surface area contributed by atoms with Gasteiger partial charge in [-0.05, 0) is 75.0 Å². The molecule has 1 fully saturated rings. The number of benzene rings is 1. The van der Waals surface area contributed by atoms with Gasteiger partial charge in [0.25, 0.3) is 0 Å². The molecule has 2 aliphatic rings. The summed E-state index contributed by atoms with van der Waals surface area (Å²) in [5.41, 5.74) is 3.52. The normalized spacial score (nSPS) is 20.0. The number of nitrogens with one attached hydrogen (secondary N) is 2. The zero-order valence-corrected chi connectivity index (χ0v) is 20.2. The van der Waals surface area contributed by atoms with Gasteiger partial charge >= 0.3 is 0 Å². The van der Waals surface area contributed by atoms with Gasteiger partial charge in [0, 0.05) is 32.2 Å². The lowest BCUT2D eigenvalue weighted by Crippen LogP contribution is -2.35. The van der Waals surface area contributed by atoms with Gasteiger partial charge in [-0.1, -0.05) is 12.1 Å². The van der Waals surface area contributed by atoms with Gasteiger partial charge in [0.15, 0.2) is 0 Å². The molecule has 0 spiro atoms. The van der Waals surface area contributed by atoms with Crippen LogP contribution in [0.5, 0.6) is 5.75 Å². The molecule has 1 aromatic carbocycles. The van der Waals surface area contributed by atoms with Crippen LogP contribution in [-0.2, 0) is 24.1 Å². The Morgan fingerprint density at radius 2 is 1.91 bits per heavy atom. The van der Waals surface area contributed by atoms with Gasteiger partial charge in [0.1, 0.15) is 11.6 Å². The molecule has 1 amide bonds. The summed E-state index contributed by atoms with van der Waals surface area (Å²) in [6, 6.07) is 8.09. The van der Waals surface area contributed by atoms with E-state index in [-0.39, 0.29) is 5.91 Å². The van der Waals surface area contributed by atoms with Crippen LogP contribution >= 0.6 is 0 Å². The number of nitrogens with zero attached hydrogens (tertiary/aromatic N) is 3. The predicted molar refractivity (Wildman–Crippen MR) is 132 cm³/mol. The van der Waals surface area contributed by atoms with E-state index in [4.69, 9.17) is 14.7 Å². The molecule has 0 atom stereocenters. The first-order valence-corrected chi connectivity index (χ1v) is 12.2. The predicted octanol–water partition coefficient (Wildman–Crippen LogP) is 3.76. The number of aromatic nitrogens is 2. The molecule has 0 radical (unpaired) electrons. The zero-order valence-electron chi connectivity index (χ0n) is 20.2. The lowest BCUT2D eigenvalue weighted by atomic mass is 9.86. The highest BCUT2D eigenvalue weighted by Gasteiger charge is 2.24. The van der Waals surface area contributed by atoms with Crippen LogP contribution in [0.25, 0.3) is 0 Å². The molecule has 0 saturated heterocycles. The molecule has 7 nitrogen and oxygen atoms in total. The molecule has 2 aromatic rings. The van der Waals surface area contributed by atoms with Crippen molar-refractivity contribution < 1.29 is 9.53 Å². The standard InChI is InChI=1S/C26H37N5O2/c1-31(2)25-22-9-4-5-10-23(22)29-26(30-25)28-20-13-11-18(12-14-20)17-27-24(32)16-19-7-6-8-21(15-19)33-3/h6-8,15,18,20H,4-5,9-14,16-17H2,1-3H3,(H,27,32)(H,28,29,30)/t18-,20+. The van der Waals surface area contributed by atoms with Crippen molar-refractivity contribution >= 4 is 17.7 Å². The van der Waals surface area contributed by atoms with E-state index < -0.39 is 0 Å². The first-order valence-electron chi connectivity index (χ1n) is 12.2. The Hall–Kier alpha value is -2.83. The van der Waals surface area contributed by atoms with Crippen LogP contribution in [0.2, 0.25) is 0 Å². The monoisotopic (exact) mass is 451 g/mol. The summed E-state index contributed by atoms with van der Waals surface area (Å²) in [5, 5.41) is 6.73. The van der Waals surface area contributed by atoms with Gasteiger partial charge in [0.05, 0.1) is 19.2 Å². The number of amides is 1. The topological polar surface area (TPSA) is 79.4 Å². The molecular weight excluding hydrogens is 414 g/mol. The van der Waals surface area contributed by atoms with Crippen molar-refractivity contribution in [2.45, 2.75) is 63.8 Å². The Balaban J connectivity index is 1.24. The smallest absolute Gasteiger partial charge is 0.225 e. The molecule has 7 heteroatoms. The number of anilines is 2. The summed E-state index contributed by atoms with van der Waals surface area (Å²) >= 11 is 0. The third kappa shape index (κ3) is 6.15. The minimum Gasteiger partial charge on any atom is -0.497 e. The Bertz CT molecular complexity index is 954. The molecule has 1 aromatic heterocycles. The molecule has 178 valence electrons. The molecule has 0 unspecified atom stereocenters. The van der Waals surface area contributed by atoms with Crippen molar-refractivity contribution in [3.63, 3.8) is 0 Å². The van der Waals surface area contributed by atoms with Crippen LogP contribution in [0.15, 0.2) is 24.3 Å². The minimum absolute atomic E-state index is 0.0715. The van der Waals surface area contributed by atoms with Crippen LogP contribution in [-0.4, -0.2) is 49.7 Å². The van der Waals surface area contributed by atoms with Crippen molar-refractivity contribution in [2.75, 3.05) is 38.0 Å². The summed E-state index contributed by atoms with van der Waals surface area (Å²) in [6.07, 6.45) is 9.31. The average Bonchev–Trinajstić information content (AvgIpc) is 2.83. The molecule has 2 N–H and O–H groups in total. The maximum atomic E-state index is 12.4. The lowest BCUT2D eigenvalue weighted by molar-refractivity contribution is -0.120. The number of fused-ring (bicyclic) bond motifs is 1. The summed E-state index contributed by atoms with van der Waals surface area (Å²) < 4.78 is 5.24. The fourth-order valence-electron chi connectivity index (χ4n) is 4.99. The second kappa shape index (κ2) is 10.9. The highest BCUT2D eigenvalue weighted by Crippen LogP contribution is 2.30. The van der Waals surface area contributed by atoms with Gasteiger partial charge in [-0.2, -0.15) is 4.98 Å². The Labute approximate surface area is 197 Å². The average molecular weight is 452 g/mol. The van der Waals surface area contributed by atoms with Gasteiger partial charge in [-0.15, -0.1) is 0 Å². The Morgan fingerprint density at radius 3 is 2.67 bits per heavy atom. The first-order chi connectivity index (χ1) is 16.0. The minimum atomic E-state index is 0.0715. The molecular formula is C26H37N5O2. The molecule has 1 heterocycles. The van der Waals surface area contributed by atoms with E-state index in [1.165, 1.54) is 24.1 Å². The van der Waals surface area contributed by atoms with Crippen molar-refractivity contribution in [2.24, 2.45) is 5.92 Å². The molecule has 0 aliphatic heterocycles. The van der Waals surface area contributed by atoms with Gasteiger partial charge in [0.2, 0.25) is 11.9 Å². The lowest BCUT2D eigenvalue weighted by Gasteiger charge is -2.30.